The highest BCUT2D eigenvalue weighted by atomic mass is 16.1. The van der Waals surface area contributed by atoms with Crippen molar-refractivity contribution in [1.82, 2.24) is 14.5 Å². The van der Waals surface area contributed by atoms with Crippen LogP contribution in [0.5, 0.6) is 0 Å². The number of benzene rings is 3. The molecule has 1 fully saturated rings. The van der Waals surface area contributed by atoms with Crippen LogP contribution in [-0.4, -0.2) is 53.1 Å². The van der Waals surface area contributed by atoms with Gasteiger partial charge >= 0.3 is 0 Å². The molecule has 1 saturated heterocycles. The molecule has 1 N–H and O–H groups in total. The van der Waals surface area contributed by atoms with Gasteiger partial charge in [-0.15, -0.1) is 0 Å². The number of piperazine rings is 1. The Morgan fingerprint density at radius 2 is 1.70 bits per heavy atom. The molecule has 2 aliphatic heterocycles. The van der Waals surface area contributed by atoms with E-state index >= 15 is 0 Å². The van der Waals surface area contributed by atoms with Crippen molar-refractivity contribution >= 4 is 28.3 Å². The van der Waals surface area contributed by atoms with Crippen molar-refractivity contribution in [2.75, 3.05) is 42.9 Å². The number of rotatable bonds is 4. The molecule has 0 bridgehead atoms. The lowest BCUT2D eigenvalue weighted by molar-refractivity contribution is 0.102. The number of aromatic nitrogens is 2. The highest BCUT2D eigenvalue weighted by Gasteiger charge is 2.25. The van der Waals surface area contributed by atoms with E-state index in [1.165, 1.54) is 18.7 Å². The van der Waals surface area contributed by atoms with Crippen LogP contribution in [-0.2, 0) is 0 Å². The number of amides is 1. The average Bonchev–Trinajstić information content (AvgIpc) is 3.19. The number of carbonyl (C=O) groups excluding carboxylic acids is 1. The quantitative estimate of drug-likeness (QED) is 0.499. The number of hydrogen-bond acceptors (Lipinski definition) is 4. The second-order valence-corrected chi connectivity index (χ2v) is 8.79. The Kier molecular flexibility index (Phi) is 4.88. The number of hydrogen-bond donors (Lipinski definition) is 1. The summed E-state index contributed by atoms with van der Waals surface area (Å²) >= 11 is 0. The largest absolute Gasteiger partial charge is 0.369 e. The van der Waals surface area contributed by atoms with Gasteiger partial charge in [0.15, 0.2) is 0 Å². The van der Waals surface area contributed by atoms with Gasteiger partial charge in [-0.1, -0.05) is 25.1 Å². The molecule has 0 saturated carbocycles. The van der Waals surface area contributed by atoms with Crippen molar-refractivity contribution in [1.29, 1.82) is 0 Å². The van der Waals surface area contributed by atoms with E-state index in [1.54, 1.807) is 0 Å². The van der Waals surface area contributed by atoms with Gasteiger partial charge in [0, 0.05) is 37.4 Å². The molecule has 1 aromatic heterocycles. The Morgan fingerprint density at radius 3 is 2.48 bits per heavy atom. The minimum Gasteiger partial charge on any atom is -0.369 e. The van der Waals surface area contributed by atoms with E-state index in [-0.39, 0.29) is 5.91 Å². The lowest BCUT2D eigenvalue weighted by Crippen LogP contribution is -2.46. The van der Waals surface area contributed by atoms with Crippen LogP contribution in [0.3, 0.4) is 0 Å². The van der Waals surface area contributed by atoms with Gasteiger partial charge in [0.25, 0.3) is 5.91 Å². The molecule has 0 spiro atoms. The molecule has 3 heterocycles. The minimum absolute atomic E-state index is 0.101. The molecule has 2 aliphatic rings. The predicted octanol–water partition coefficient (Wildman–Crippen LogP) is 4.79. The Morgan fingerprint density at radius 1 is 0.909 bits per heavy atom. The first kappa shape index (κ1) is 20.0. The first-order chi connectivity index (χ1) is 16.2. The smallest absolute Gasteiger partial charge is 0.257 e. The molecule has 6 heteroatoms. The summed E-state index contributed by atoms with van der Waals surface area (Å²) in [4.78, 5) is 22.9. The Bertz CT molecular complexity index is 1330. The molecule has 6 nitrogen and oxygen atoms in total. The highest BCUT2D eigenvalue weighted by Crippen LogP contribution is 2.36. The Labute approximate surface area is 193 Å². The van der Waals surface area contributed by atoms with E-state index in [0.717, 1.165) is 60.0 Å². The van der Waals surface area contributed by atoms with E-state index in [9.17, 15) is 4.79 Å². The predicted molar refractivity (Wildman–Crippen MR) is 133 cm³/mol. The Hall–Kier alpha value is -3.64. The van der Waals surface area contributed by atoms with Crippen LogP contribution in [0, 0.1) is 0 Å². The van der Waals surface area contributed by atoms with Crippen molar-refractivity contribution in [3.63, 3.8) is 0 Å². The minimum atomic E-state index is -0.101. The SMILES string of the molecule is CCCN1CCN(c2ccc(-c3nc4cccc5c4n3-c3ccccc3NC5=O)cc2)CC1. The fraction of sp³-hybridized carbons (Fsp3) is 0.259. The van der Waals surface area contributed by atoms with Crippen LogP contribution in [0.15, 0.2) is 66.7 Å². The van der Waals surface area contributed by atoms with Crippen LogP contribution < -0.4 is 10.2 Å². The zero-order valence-corrected chi connectivity index (χ0v) is 18.8. The standard InChI is InChI=1S/C27H27N5O/c1-2-14-30-15-17-31(18-16-30)20-12-10-19(11-13-20)26-28-23-8-5-6-21-25(23)32(26)24-9-4-3-7-22(24)29-27(21)33/h3-13H,2,14-18H2,1H3,(H,29,33). The van der Waals surface area contributed by atoms with Gasteiger partial charge in [0.05, 0.1) is 28.0 Å². The van der Waals surface area contributed by atoms with Crippen molar-refractivity contribution in [2.45, 2.75) is 13.3 Å². The number of imidazole rings is 1. The van der Waals surface area contributed by atoms with Crippen molar-refractivity contribution < 1.29 is 4.79 Å². The van der Waals surface area contributed by atoms with Crippen molar-refractivity contribution in [3.05, 3.63) is 72.3 Å². The molecule has 4 aromatic rings. The number of carbonyl (C=O) groups is 1. The number of anilines is 2. The third-order valence-electron chi connectivity index (χ3n) is 6.72. The summed E-state index contributed by atoms with van der Waals surface area (Å²) in [6.07, 6.45) is 1.21. The van der Waals surface area contributed by atoms with Crippen LogP contribution in [0.25, 0.3) is 28.1 Å². The molecule has 3 aromatic carbocycles. The van der Waals surface area contributed by atoms with E-state index in [2.05, 4.69) is 50.9 Å². The third-order valence-corrected chi connectivity index (χ3v) is 6.72. The second-order valence-electron chi connectivity index (χ2n) is 8.79. The topological polar surface area (TPSA) is 53.4 Å². The third kappa shape index (κ3) is 3.38. The normalized spacial score (nSPS) is 15.9. The molecule has 0 aliphatic carbocycles. The molecular weight excluding hydrogens is 410 g/mol. The second kappa shape index (κ2) is 8.05. The molecule has 33 heavy (non-hydrogen) atoms. The number of nitrogens with zero attached hydrogens (tertiary/aromatic N) is 4. The lowest BCUT2D eigenvalue weighted by Gasteiger charge is -2.36. The van der Waals surface area contributed by atoms with Crippen LogP contribution >= 0.6 is 0 Å². The van der Waals surface area contributed by atoms with Crippen LogP contribution in [0.2, 0.25) is 0 Å². The summed E-state index contributed by atoms with van der Waals surface area (Å²) in [5.41, 5.74) is 6.33. The maximum Gasteiger partial charge on any atom is 0.257 e. The van der Waals surface area contributed by atoms with E-state index in [1.807, 2.05) is 42.5 Å². The number of nitrogens with one attached hydrogen (secondary N) is 1. The molecule has 0 radical (unpaired) electrons. The van der Waals surface area contributed by atoms with E-state index in [0.29, 0.717) is 5.56 Å². The highest BCUT2D eigenvalue weighted by molar-refractivity contribution is 6.14. The van der Waals surface area contributed by atoms with Crippen LogP contribution in [0.1, 0.15) is 23.7 Å². The average molecular weight is 438 g/mol. The Balaban J connectivity index is 1.41. The molecule has 166 valence electrons. The molecule has 1 amide bonds. The van der Waals surface area contributed by atoms with Gasteiger partial charge in [-0.05, 0) is 61.5 Å². The summed E-state index contributed by atoms with van der Waals surface area (Å²) in [5.74, 6) is 0.747. The molecule has 6 rings (SSSR count). The molecule has 0 atom stereocenters. The van der Waals surface area contributed by atoms with Gasteiger partial charge < -0.3 is 10.2 Å². The molecule has 0 unspecified atom stereocenters. The summed E-state index contributed by atoms with van der Waals surface area (Å²) < 4.78 is 2.12. The summed E-state index contributed by atoms with van der Waals surface area (Å²) in [5, 5.41) is 3.06. The maximum absolute atomic E-state index is 12.9. The molecular formula is C27H27N5O. The maximum atomic E-state index is 12.9. The van der Waals surface area contributed by atoms with E-state index < -0.39 is 0 Å². The van der Waals surface area contributed by atoms with Gasteiger partial charge in [-0.3, -0.25) is 14.3 Å². The zero-order valence-electron chi connectivity index (χ0n) is 18.8. The first-order valence-corrected chi connectivity index (χ1v) is 11.7. The summed E-state index contributed by atoms with van der Waals surface area (Å²) in [7, 11) is 0. The fourth-order valence-electron chi connectivity index (χ4n) is 5.07. The summed E-state index contributed by atoms with van der Waals surface area (Å²) in [6, 6.07) is 22.4. The fourth-order valence-corrected chi connectivity index (χ4v) is 5.07. The van der Waals surface area contributed by atoms with E-state index in [4.69, 9.17) is 4.98 Å². The number of para-hydroxylation sites is 3. The van der Waals surface area contributed by atoms with Crippen LogP contribution in [0.4, 0.5) is 11.4 Å². The monoisotopic (exact) mass is 437 g/mol. The van der Waals surface area contributed by atoms with Gasteiger partial charge in [0.2, 0.25) is 0 Å². The van der Waals surface area contributed by atoms with Crippen molar-refractivity contribution in [2.24, 2.45) is 0 Å². The lowest BCUT2D eigenvalue weighted by atomic mass is 10.1. The van der Waals surface area contributed by atoms with Gasteiger partial charge in [-0.25, -0.2) is 4.98 Å². The van der Waals surface area contributed by atoms with Gasteiger partial charge in [0.1, 0.15) is 5.82 Å². The first-order valence-electron chi connectivity index (χ1n) is 11.7. The number of fused-ring (bicyclic) bond motifs is 2. The van der Waals surface area contributed by atoms with Gasteiger partial charge in [-0.2, -0.15) is 0 Å². The zero-order chi connectivity index (χ0) is 22.4. The van der Waals surface area contributed by atoms with Crippen molar-refractivity contribution in [3.8, 4) is 17.1 Å². The summed E-state index contributed by atoms with van der Waals surface area (Å²) in [6.45, 7) is 7.78.